The first-order valence-electron chi connectivity index (χ1n) is 9.40. The summed E-state index contributed by atoms with van der Waals surface area (Å²) in [7, 11) is 1.78. The SMILES string of the molecule is CCc1ccccc1NC(=O)Cc1nnc(SCC(=O)Nc2ccc(Cl)cc2)n1C. The summed E-state index contributed by atoms with van der Waals surface area (Å²) >= 11 is 7.10. The van der Waals surface area contributed by atoms with Gasteiger partial charge in [0.2, 0.25) is 11.8 Å². The molecule has 1 heterocycles. The highest BCUT2D eigenvalue weighted by Gasteiger charge is 2.15. The first kappa shape index (κ1) is 21.9. The van der Waals surface area contributed by atoms with Crippen LogP contribution in [-0.4, -0.2) is 32.3 Å². The third-order valence-corrected chi connectivity index (χ3v) is 5.65. The van der Waals surface area contributed by atoms with Crippen LogP contribution in [0.25, 0.3) is 0 Å². The Labute approximate surface area is 184 Å². The van der Waals surface area contributed by atoms with Gasteiger partial charge in [-0.05, 0) is 42.3 Å². The fourth-order valence-electron chi connectivity index (χ4n) is 2.77. The van der Waals surface area contributed by atoms with Crippen molar-refractivity contribution in [1.29, 1.82) is 0 Å². The van der Waals surface area contributed by atoms with Gasteiger partial charge in [-0.25, -0.2) is 0 Å². The minimum atomic E-state index is -0.166. The zero-order chi connectivity index (χ0) is 21.5. The fraction of sp³-hybridized carbons (Fsp3) is 0.238. The van der Waals surface area contributed by atoms with Gasteiger partial charge in [0.15, 0.2) is 5.16 Å². The summed E-state index contributed by atoms with van der Waals surface area (Å²) < 4.78 is 1.73. The Morgan fingerprint density at radius 2 is 1.77 bits per heavy atom. The molecule has 0 unspecified atom stereocenters. The number of hydrogen-bond donors (Lipinski definition) is 2. The number of aromatic nitrogens is 3. The second-order valence-electron chi connectivity index (χ2n) is 6.54. The Balaban J connectivity index is 1.54. The maximum Gasteiger partial charge on any atom is 0.234 e. The molecule has 0 spiro atoms. The van der Waals surface area contributed by atoms with Crippen LogP contribution in [0, 0.1) is 0 Å². The maximum atomic E-state index is 12.4. The van der Waals surface area contributed by atoms with Gasteiger partial charge in [0.1, 0.15) is 5.82 Å². The van der Waals surface area contributed by atoms with Gasteiger partial charge >= 0.3 is 0 Å². The van der Waals surface area contributed by atoms with Gasteiger partial charge in [0.25, 0.3) is 0 Å². The number of thioether (sulfide) groups is 1. The van der Waals surface area contributed by atoms with E-state index in [4.69, 9.17) is 11.6 Å². The van der Waals surface area contributed by atoms with E-state index in [-0.39, 0.29) is 24.0 Å². The van der Waals surface area contributed by atoms with Crippen molar-refractivity contribution in [3.63, 3.8) is 0 Å². The lowest BCUT2D eigenvalue weighted by molar-refractivity contribution is -0.116. The average molecular weight is 444 g/mol. The van der Waals surface area contributed by atoms with Crippen molar-refractivity contribution in [1.82, 2.24) is 14.8 Å². The predicted molar refractivity (Wildman–Crippen MR) is 120 cm³/mol. The summed E-state index contributed by atoms with van der Waals surface area (Å²) in [5, 5.41) is 15.1. The summed E-state index contributed by atoms with van der Waals surface area (Å²) in [6, 6.07) is 14.6. The molecule has 30 heavy (non-hydrogen) atoms. The standard InChI is InChI=1S/C21H22ClN5O2S/c1-3-14-6-4-5-7-17(14)24-19(28)12-18-25-26-21(27(18)2)30-13-20(29)23-16-10-8-15(22)9-11-16/h4-11H,3,12-13H2,1-2H3,(H,23,29)(H,24,28). The minimum absolute atomic E-state index is 0.0963. The Morgan fingerprint density at radius 3 is 2.50 bits per heavy atom. The minimum Gasteiger partial charge on any atom is -0.325 e. The average Bonchev–Trinajstić information content (AvgIpc) is 3.08. The van der Waals surface area contributed by atoms with E-state index in [0.29, 0.717) is 21.7 Å². The second-order valence-corrected chi connectivity index (χ2v) is 7.92. The van der Waals surface area contributed by atoms with E-state index in [9.17, 15) is 9.59 Å². The zero-order valence-corrected chi connectivity index (χ0v) is 18.3. The van der Waals surface area contributed by atoms with E-state index in [1.807, 2.05) is 31.2 Å². The van der Waals surface area contributed by atoms with Crippen LogP contribution in [0.4, 0.5) is 11.4 Å². The second kappa shape index (κ2) is 10.3. The normalized spacial score (nSPS) is 10.6. The lowest BCUT2D eigenvalue weighted by Crippen LogP contribution is -2.18. The third-order valence-electron chi connectivity index (χ3n) is 4.38. The number of nitrogens with zero attached hydrogens (tertiary/aromatic N) is 3. The number of para-hydroxylation sites is 1. The molecule has 0 aliphatic carbocycles. The highest BCUT2D eigenvalue weighted by molar-refractivity contribution is 7.99. The van der Waals surface area contributed by atoms with Crippen LogP contribution in [0.5, 0.6) is 0 Å². The van der Waals surface area contributed by atoms with E-state index in [2.05, 4.69) is 20.8 Å². The van der Waals surface area contributed by atoms with Crippen molar-refractivity contribution in [2.24, 2.45) is 7.05 Å². The van der Waals surface area contributed by atoms with Crippen LogP contribution >= 0.6 is 23.4 Å². The van der Waals surface area contributed by atoms with Gasteiger partial charge in [-0.1, -0.05) is 48.5 Å². The molecule has 1 aromatic heterocycles. The monoisotopic (exact) mass is 443 g/mol. The van der Waals surface area contributed by atoms with Crippen molar-refractivity contribution in [2.75, 3.05) is 16.4 Å². The van der Waals surface area contributed by atoms with Gasteiger partial charge in [0.05, 0.1) is 12.2 Å². The summed E-state index contributed by atoms with van der Waals surface area (Å²) in [6.45, 7) is 2.04. The summed E-state index contributed by atoms with van der Waals surface area (Å²) in [5.74, 6) is 0.372. The molecule has 0 saturated carbocycles. The number of carbonyl (C=O) groups excluding carboxylic acids is 2. The van der Waals surface area contributed by atoms with Crippen molar-refractivity contribution < 1.29 is 9.59 Å². The molecule has 156 valence electrons. The Bertz CT molecular complexity index is 1040. The molecule has 2 N–H and O–H groups in total. The van der Waals surface area contributed by atoms with Gasteiger partial charge in [0, 0.05) is 23.4 Å². The van der Waals surface area contributed by atoms with E-state index in [1.54, 1.807) is 35.9 Å². The van der Waals surface area contributed by atoms with Gasteiger partial charge in [-0.3, -0.25) is 9.59 Å². The molecule has 0 aliphatic heterocycles. The number of nitrogens with one attached hydrogen (secondary N) is 2. The summed E-state index contributed by atoms with van der Waals surface area (Å²) in [4.78, 5) is 24.6. The molecule has 0 bridgehead atoms. The third kappa shape index (κ3) is 5.84. The first-order chi connectivity index (χ1) is 14.5. The molecule has 2 amide bonds. The van der Waals surface area contributed by atoms with Gasteiger partial charge in [-0.2, -0.15) is 0 Å². The predicted octanol–water partition coefficient (Wildman–Crippen LogP) is 3.94. The van der Waals surface area contributed by atoms with Crippen LogP contribution < -0.4 is 10.6 Å². The summed E-state index contributed by atoms with van der Waals surface area (Å²) in [6.07, 6.45) is 0.929. The topological polar surface area (TPSA) is 88.9 Å². The maximum absolute atomic E-state index is 12.4. The largest absolute Gasteiger partial charge is 0.325 e. The van der Waals surface area contributed by atoms with Gasteiger partial charge < -0.3 is 15.2 Å². The molecular weight excluding hydrogens is 422 g/mol. The molecule has 0 radical (unpaired) electrons. The number of carbonyl (C=O) groups is 2. The van der Waals surface area contributed by atoms with Crippen molar-refractivity contribution >= 4 is 46.6 Å². The highest BCUT2D eigenvalue weighted by atomic mass is 35.5. The van der Waals surface area contributed by atoms with E-state index in [1.165, 1.54) is 11.8 Å². The molecule has 3 aromatic rings. The first-order valence-corrected chi connectivity index (χ1v) is 10.8. The molecule has 2 aromatic carbocycles. The number of halogens is 1. The Kier molecular flexibility index (Phi) is 7.48. The van der Waals surface area contributed by atoms with Crippen LogP contribution in [-0.2, 0) is 29.5 Å². The molecular formula is C21H22ClN5O2S. The van der Waals surface area contributed by atoms with Crippen LogP contribution in [0.1, 0.15) is 18.3 Å². The number of rotatable bonds is 8. The Morgan fingerprint density at radius 1 is 1.03 bits per heavy atom. The Hall–Kier alpha value is -2.84. The van der Waals surface area contributed by atoms with Crippen molar-refractivity contribution in [3.8, 4) is 0 Å². The molecule has 0 saturated heterocycles. The van der Waals surface area contributed by atoms with E-state index in [0.717, 1.165) is 17.7 Å². The number of hydrogen-bond acceptors (Lipinski definition) is 5. The van der Waals surface area contributed by atoms with Crippen LogP contribution in [0.2, 0.25) is 5.02 Å². The smallest absolute Gasteiger partial charge is 0.234 e. The lowest BCUT2D eigenvalue weighted by Gasteiger charge is -2.09. The molecule has 7 nitrogen and oxygen atoms in total. The molecule has 3 rings (SSSR count). The number of anilines is 2. The van der Waals surface area contributed by atoms with Crippen molar-refractivity contribution in [3.05, 3.63) is 64.9 Å². The zero-order valence-electron chi connectivity index (χ0n) is 16.7. The fourth-order valence-corrected chi connectivity index (χ4v) is 3.63. The van der Waals surface area contributed by atoms with E-state index >= 15 is 0 Å². The van der Waals surface area contributed by atoms with E-state index < -0.39 is 0 Å². The quantitative estimate of drug-likeness (QED) is 0.515. The van der Waals surface area contributed by atoms with Crippen LogP contribution in [0.3, 0.4) is 0 Å². The molecule has 0 fully saturated rings. The number of amides is 2. The number of aryl methyl sites for hydroxylation is 1. The van der Waals surface area contributed by atoms with Crippen molar-refractivity contribution in [2.45, 2.75) is 24.9 Å². The number of benzene rings is 2. The lowest BCUT2D eigenvalue weighted by atomic mass is 10.1. The summed E-state index contributed by atoms with van der Waals surface area (Å²) in [5.41, 5.74) is 2.56. The van der Waals surface area contributed by atoms with Gasteiger partial charge in [-0.15, -0.1) is 10.2 Å². The molecule has 0 atom stereocenters. The highest BCUT2D eigenvalue weighted by Crippen LogP contribution is 2.19. The molecule has 0 aliphatic rings. The van der Waals surface area contributed by atoms with Crippen LogP contribution in [0.15, 0.2) is 53.7 Å². The molecule has 9 heteroatoms.